The Morgan fingerprint density at radius 2 is 2.04 bits per heavy atom. The number of aromatic hydroxyl groups is 1. The second-order valence-electron chi connectivity index (χ2n) is 6.81. The molecule has 144 valence electrons. The number of hydrogen-bond donors (Lipinski definition) is 2. The molecule has 1 fully saturated rings. The van der Waals surface area contributed by atoms with Crippen molar-refractivity contribution in [3.8, 4) is 5.75 Å². The fraction of sp³-hybridized carbons (Fsp3) is 0.368. The molecule has 1 saturated heterocycles. The minimum absolute atomic E-state index is 0.160. The Kier molecular flexibility index (Phi) is 5.46. The quantitative estimate of drug-likeness (QED) is 0.853. The SMILES string of the molecule is CC1CN(Cc2ccn(Cc3cccc(F)c3)c(=O)c2O)CCN1C(=O)O. The molecule has 0 bridgehead atoms. The first-order valence-corrected chi connectivity index (χ1v) is 8.73. The summed E-state index contributed by atoms with van der Waals surface area (Å²) in [4.78, 5) is 27.0. The Balaban J connectivity index is 1.72. The van der Waals surface area contributed by atoms with E-state index in [4.69, 9.17) is 5.11 Å². The van der Waals surface area contributed by atoms with Gasteiger partial charge in [-0.15, -0.1) is 0 Å². The molecule has 7 nitrogen and oxygen atoms in total. The molecule has 1 unspecified atom stereocenters. The maximum atomic E-state index is 13.3. The van der Waals surface area contributed by atoms with Gasteiger partial charge in [0.2, 0.25) is 0 Å². The van der Waals surface area contributed by atoms with E-state index in [9.17, 15) is 19.1 Å². The van der Waals surface area contributed by atoms with E-state index in [0.717, 1.165) is 0 Å². The summed E-state index contributed by atoms with van der Waals surface area (Å²) < 4.78 is 14.6. The number of piperazine rings is 1. The van der Waals surface area contributed by atoms with Gasteiger partial charge in [-0.1, -0.05) is 12.1 Å². The van der Waals surface area contributed by atoms with Crippen LogP contribution in [0, 0.1) is 5.82 Å². The summed E-state index contributed by atoms with van der Waals surface area (Å²) in [6, 6.07) is 7.47. The van der Waals surface area contributed by atoms with Crippen molar-refractivity contribution in [2.75, 3.05) is 19.6 Å². The first kappa shape index (κ1) is 18.9. The van der Waals surface area contributed by atoms with Crippen molar-refractivity contribution in [1.82, 2.24) is 14.4 Å². The third kappa shape index (κ3) is 4.28. The number of nitrogens with zero attached hydrogens (tertiary/aromatic N) is 3. The van der Waals surface area contributed by atoms with Gasteiger partial charge in [0.1, 0.15) is 5.82 Å². The highest BCUT2D eigenvalue weighted by atomic mass is 19.1. The number of halogens is 1. The predicted octanol–water partition coefficient (Wildman–Crippen LogP) is 1.93. The maximum absolute atomic E-state index is 13.3. The smallest absolute Gasteiger partial charge is 0.407 e. The van der Waals surface area contributed by atoms with Crippen LogP contribution in [0.5, 0.6) is 5.75 Å². The third-order valence-corrected chi connectivity index (χ3v) is 4.82. The Morgan fingerprint density at radius 3 is 2.70 bits per heavy atom. The molecule has 1 aliphatic rings. The van der Waals surface area contributed by atoms with Crippen LogP contribution >= 0.6 is 0 Å². The van der Waals surface area contributed by atoms with Gasteiger partial charge in [-0.25, -0.2) is 9.18 Å². The second-order valence-corrected chi connectivity index (χ2v) is 6.81. The van der Waals surface area contributed by atoms with Crippen molar-refractivity contribution in [2.45, 2.75) is 26.1 Å². The largest absolute Gasteiger partial charge is 0.503 e. The van der Waals surface area contributed by atoms with Crippen LogP contribution in [0.4, 0.5) is 9.18 Å². The Labute approximate surface area is 155 Å². The number of hydrogen-bond acceptors (Lipinski definition) is 4. The monoisotopic (exact) mass is 375 g/mol. The Bertz CT molecular complexity index is 899. The number of carboxylic acid groups (broad SMARTS) is 1. The average Bonchev–Trinajstić information content (AvgIpc) is 2.61. The lowest BCUT2D eigenvalue weighted by Crippen LogP contribution is -2.53. The highest BCUT2D eigenvalue weighted by Gasteiger charge is 2.27. The Morgan fingerprint density at radius 1 is 1.26 bits per heavy atom. The molecule has 27 heavy (non-hydrogen) atoms. The molecule has 1 aliphatic heterocycles. The third-order valence-electron chi connectivity index (χ3n) is 4.82. The van der Waals surface area contributed by atoms with Crippen LogP contribution in [-0.2, 0) is 13.1 Å². The minimum Gasteiger partial charge on any atom is -0.503 e. The number of pyridine rings is 1. The molecule has 2 aromatic rings. The van der Waals surface area contributed by atoms with Gasteiger partial charge in [-0.2, -0.15) is 0 Å². The number of benzene rings is 1. The van der Waals surface area contributed by atoms with Crippen molar-refractivity contribution in [1.29, 1.82) is 0 Å². The molecule has 0 spiro atoms. The number of aromatic nitrogens is 1. The van der Waals surface area contributed by atoms with Gasteiger partial charge in [-0.3, -0.25) is 9.69 Å². The van der Waals surface area contributed by atoms with Crippen LogP contribution in [0.25, 0.3) is 0 Å². The number of amides is 1. The highest BCUT2D eigenvalue weighted by molar-refractivity contribution is 5.65. The lowest BCUT2D eigenvalue weighted by Gasteiger charge is -2.38. The van der Waals surface area contributed by atoms with Crippen molar-refractivity contribution in [2.24, 2.45) is 0 Å². The van der Waals surface area contributed by atoms with E-state index in [0.29, 0.717) is 37.3 Å². The van der Waals surface area contributed by atoms with Gasteiger partial charge in [0.15, 0.2) is 5.75 Å². The zero-order valence-corrected chi connectivity index (χ0v) is 15.0. The molecule has 0 saturated carbocycles. The molecule has 0 aliphatic carbocycles. The van der Waals surface area contributed by atoms with Gasteiger partial charge in [0.05, 0.1) is 6.54 Å². The van der Waals surface area contributed by atoms with Gasteiger partial charge >= 0.3 is 6.09 Å². The molecule has 3 rings (SSSR count). The standard InChI is InChI=1S/C19H22FN3O4/c1-13-10-21(7-8-23(13)19(26)27)12-15-5-6-22(18(25)17(15)24)11-14-3-2-4-16(20)9-14/h2-6,9,13,24H,7-8,10-12H2,1H3,(H,26,27). The van der Waals surface area contributed by atoms with Crippen LogP contribution in [0.1, 0.15) is 18.1 Å². The number of rotatable bonds is 4. The van der Waals surface area contributed by atoms with E-state index >= 15 is 0 Å². The van der Waals surface area contributed by atoms with Crippen molar-refractivity contribution in [3.63, 3.8) is 0 Å². The average molecular weight is 375 g/mol. The molecule has 1 aromatic heterocycles. The van der Waals surface area contributed by atoms with Crippen molar-refractivity contribution < 1.29 is 19.4 Å². The molecular weight excluding hydrogens is 353 g/mol. The molecule has 1 amide bonds. The van der Waals surface area contributed by atoms with Crippen molar-refractivity contribution in [3.05, 3.63) is 63.8 Å². The first-order valence-electron chi connectivity index (χ1n) is 8.73. The predicted molar refractivity (Wildman–Crippen MR) is 97.3 cm³/mol. The van der Waals surface area contributed by atoms with Crippen LogP contribution in [-0.4, -0.2) is 56.3 Å². The highest BCUT2D eigenvalue weighted by Crippen LogP contribution is 2.18. The van der Waals surface area contributed by atoms with Crippen molar-refractivity contribution >= 4 is 6.09 Å². The summed E-state index contributed by atoms with van der Waals surface area (Å²) in [5, 5.41) is 19.4. The van der Waals surface area contributed by atoms with Crippen LogP contribution in [0.15, 0.2) is 41.3 Å². The molecule has 8 heteroatoms. The summed E-state index contributed by atoms with van der Waals surface area (Å²) in [5.74, 6) is -0.710. The van der Waals surface area contributed by atoms with Gasteiger partial charge in [-0.05, 0) is 30.7 Å². The molecule has 1 atom stereocenters. The second kappa shape index (κ2) is 7.79. The number of carbonyl (C=O) groups is 1. The topological polar surface area (TPSA) is 86.0 Å². The van der Waals surface area contributed by atoms with E-state index in [2.05, 4.69) is 0 Å². The van der Waals surface area contributed by atoms with E-state index in [-0.39, 0.29) is 24.2 Å². The van der Waals surface area contributed by atoms with E-state index in [1.165, 1.54) is 21.6 Å². The lowest BCUT2D eigenvalue weighted by molar-refractivity contribution is 0.0707. The Hall–Kier alpha value is -2.87. The summed E-state index contributed by atoms with van der Waals surface area (Å²) >= 11 is 0. The summed E-state index contributed by atoms with van der Waals surface area (Å²) in [7, 11) is 0. The van der Waals surface area contributed by atoms with E-state index < -0.39 is 11.7 Å². The van der Waals surface area contributed by atoms with Crippen LogP contribution in [0.3, 0.4) is 0 Å². The normalized spacial score (nSPS) is 17.9. The zero-order chi connectivity index (χ0) is 19.6. The molecular formula is C19H22FN3O4. The molecule has 2 N–H and O–H groups in total. The van der Waals surface area contributed by atoms with Gasteiger partial charge < -0.3 is 19.7 Å². The molecule has 1 aromatic carbocycles. The fourth-order valence-electron chi connectivity index (χ4n) is 3.39. The molecule has 0 radical (unpaired) electrons. The first-order chi connectivity index (χ1) is 12.8. The van der Waals surface area contributed by atoms with Crippen LogP contribution in [0.2, 0.25) is 0 Å². The lowest BCUT2D eigenvalue weighted by atomic mass is 10.1. The fourth-order valence-corrected chi connectivity index (χ4v) is 3.39. The minimum atomic E-state index is -0.940. The van der Waals surface area contributed by atoms with E-state index in [1.54, 1.807) is 24.4 Å². The molecule has 2 heterocycles. The zero-order valence-electron chi connectivity index (χ0n) is 15.0. The van der Waals surface area contributed by atoms with E-state index in [1.807, 2.05) is 11.8 Å². The summed E-state index contributed by atoms with van der Waals surface area (Å²) in [6.45, 7) is 3.80. The maximum Gasteiger partial charge on any atom is 0.407 e. The summed E-state index contributed by atoms with van der Waals surface area (Å²) in [5.41, 5.74) is 0.586. The van der Waals surface area contributed by atoms with Crippen LogP contribution < -0.4 is 5.56 Å². The summed E-state index contributed by atoms with van der Waals surface area (Å²) in [6.07, 6.45) is 0.643. The van der Waals surface area contributed by atoms with Gasteiger partial charge in [0, 0.05) is 44.0 Å². The van der Waals surface area contributed by atoms with Gasteiger partial charge in [0.25, 0.3) is 5.56 Å².